The Morgan fingerprint density at radius 2 is 1.73 bits per heavy atom. The minimum Gasteiger partial charge on any atom is -0.392 e. The fourth-order valence-corrected chi connectivity index (χ4v) is 6.32. The molecule has 1 aliphatic heterocycles. The smallest absolute Gasteiger partial charge is 0.171 e. The van der Waals surface area contributed by atoms with Crippen LogP contribution in [0.3, 0.4) is 0 Å². The summed E-state index contributed by atoms with van der Waals surface area (Å²) in [6, 6.07) is 0. The van der Waals surface area contributed by atoms with Crippen molar-refractivity contribution in [3.8, 4) is 0 Å². The fourth-order valence-electron chi connectivity index (χ4n) is 6.32. The summed E-state index contributed by atoms with van der Waals surface area (Å²) in [5.41, 5.74) is -6.82. The van der Waals surface area contributed by atoms with Gasteiger partial charge in [-0.3, -0.25) is 4.79 Å². The third-order valence-electron chi connectivity index (χ3n) is 7.76. The molecule has 3 aliphatic rings. The predicted molar refractivity (Wildman–Crippen MR) is 95.3 cm³/mol. The summed E-state index contributed by atoms with van der Waals surface area (Å²) < 4.78 is 6.09. The SMILES string of the molecule is C=C[C@@]1(C)CC(=O)[C@]2(O)[C@@]3(C)[C@@H](O)CCC(C)(C)[C@@H]3[C@H](O)C(O)[C@@]2(C)O1. The fraction of sp³-hybridized carbons (Fsp3) is 0.850. The van der Waals surface area contributed by atoms with Gasteiger partial charge in [-0.1, -0.05) is 26.8 Å². The van der Waals surface area contributed by atoms with Crippen molar-refractivity contribution in [3.63, 3.8) is 0 Å². The van der Waals surface area contributed by atoms with E-state index in [-0.39, 0.29) is 6.42 Å². The molecule has 3 rings (SSSR count). The van der Waals surface area contributed by atoms with E-state index in [4.69, 9.17) is 4.74 Å². The molecule has 0 amide bonds. The number of hydrogen-bond acceptors (Lipinski definition) is 6. The van der Waals surface area contributed by atoms with Crippen molar-refractivity contribution in [2.75, 3.05) is 0 Å². The van der Waals surface area contributed by atoms with Gasteiger partial charge in [0.15, 0.2) is 11.4 Å². The predicted octanol–water partition coefficient (Wildman–Crippen LogP) is 0.949. The minimum absolute atomic E-state index is 0.110. The Bertz CT molecular complexity index is 646. The molecular formula is C20H32O6. The Morgan fingerprint density at radius 3 is 2.27 bits per heavy atom. The van der Waals surface area contributed by atoms with Crippen molar-refractivity contribution in [3.05, 3.63) is 12.7 Å². The number of hydrogen-bond donors (Lipinski definition) is 4. The Kier molecular flexibility index (Phi) is 4.13. The van der Waals surface area contributed by atoms with E-state index in [2.05, 4.69) is 6.58 Å². The molecule has 0 bridgehead atoms. The second-order valence-electron chi connectivity index (χ2n) is 9.78. The Hall–Kier alpha value is -0.790. The molecule has 6 heteroatoms. The summed E-state index contributed by atoms with van der Waals surface area (Å²) in [7, 11) is 0. The van der Waals surface area contributed by atoms with E-state index in [1.807, 2.05) is 13.8 Å². The van der Waals surface area contributed by atoms with Crippen LogP contribution in [0.2, 0.25) is 0 Å². The molecule has 2 saturated carbocycles. The van der Waals surface area contributed by atoms with Gasteiger partial charge in [-0.25, -0.2) is 0 Å². The highest BCUT2D eigenvalue weighted by molar-refractivity contribution is 5.92. The number of ketones is 1. The Balaban J connectivity index is 2.29. The molecule has 1 heterocycles. The molecular weight excluding hydrogens is 336 g/mol. The van der Waals surface area contributed by atoms with E-state index in [0.717, 1.165) is 0 Å². The van der Waals surface area contributed by atoms with Crippen LogP contribution in [0.4, 0.5) is 0 Å². The molecule has 2 aliphatic carbocycles. The number of aliphatic hydroxyl groups excluding tert-OH is 3. The van der Waals surface area contributed by atoms with Gasteiger partial charge in [-0.2, -0.15) is 0 Å². The molecule has 6 nitrogen and oxygen atoms in total. The van der Waals surface area contributed by atoms with Crippen molar-refractivity contribution < 1.29 is 30.0 Å². The van der Waals surface area contributed by atoms with E-state index >= 15 is 0 Å². The van der Waals surface area contributed by atoms with Gasteiger partial charge < -0.3 is 25.2 Å². The monoisotopic (exact) mass is 368 g/mol. The highest BCUT2D eigenvalue weighted by Gasteiger charge is 2.80. The quantitative estimate of drug-likeness (QED) is 0.514. The van der Waals surface area contributed by atoms with Gasteiger partial charge in [0.2, 0.25) is 0 Å². The molecule has 1 unspecified atom stereocenters. The summed E-state index contributed by atoms with van der Waals surface area (Å²) in [6.45, 7) is 12.3. The van der Waals surface area contributed by atoms with Crippen LogP contribution in [0.15, 0.2) is 12.7 Å². The summed E-state index contributed by atoms with van der Waals surface area (Å²) in [4.78, 5) is 13.3. The van der Waals surface area contributed by atoms with Gasteiger partial charge in [0, 0.05) is 17.8 Å². The zero-order valence-corrected chi connectivity index (χ0v) is 16.3. The summed E-state index contributed by atoms with van der Waals surface area (Å²) in [5, 5.41) is 44.9. The minimum atomic E-state index is -2.14. The van der Waals surface area contributed by atoms with Crippen LogP contribution in [-0.2, 0) is 9.53 Å². The maximum atomic E-state index is 13.3. The van der Waals surface area contributed by atoms with Crippen molar-refractivity contribution >= 4 is 5.78 Å². The van der Waals surface area contributed by atoms with Gasteiger partial charge in [0.05, 0.1) is 17.8 Å². The van der Waals surface area contributed by atoms with Gasteiger partial charge in [0.25, 0.3) is 0 Å². The van der Waals surface area contributed by atoms with Crippen molar-refractivity contribution in [1.82, 2.24) is 0 Å². The lowest BCUT2D eigenvalue weighted by atomic mass is 9.40. The van der Waals surface area contributed by atoms with E-state index in [1.54, 1.807) is 13.8 Å². The first-order valence-electron chi connectivity index (χ1n) is 9.35. The maximum absolute atomic E-state index is 13.3. The van der Waals surface area contributed by atoms with Gasteiger partial charge in [0.1, 0.15) is 11.7 Å². The van der Waals surface area contributed by atoms with Crippen LogP contribution in [0.25, 0.3) is 0 Å². The van der Waals surface area contributed by atoms with Crippen molar-refractivity contribution in [2.24, 2.45) is 16.7 Å². The first-order valence-corrected chi connectivity index (χ1v) is 9.35. The molecule has 0 radical (unpaired) electrons. The number of fused-ring (bicyclic) bond motifs is 3. The Labute approximate surface area is 154 Å². The highest BCUT2D eigenvalue weighted by Crippen LogP contribution is 2.66. The summed E-state index contributed by atoms with van der Waals surface area (Å²) in [6.07, 6.45) is -1.37. The first kappa shape index (κ1) is 20.0. The maximum Gasteiger partial charge on any atom is 0.171 e. The molecule has 1 saturated heterocycles. The van der Waals surface area contributed by atoms with Crippen LogP contribution in [-0.4, -0.2) is 61.3 Å². The first-order chi connectivity index (χ1) is 11.7. The Morgan fingerprint density at radius 1 is 1.15 bits per heavy atom. The zero-order chi connectivity index (χ0) is 19.9. The van der Waals surface area contributed by atoms with Gasteiger partial charge >= 0.3 is 0 Å². The van der Waals surface area contributed by atoms with Crippen molar-refractivity contribution in [2.45, 2.75) is 89.0 Å². The molecule has 0 aromatic rings. The number of aliphatic hydroxyl groups is 4. The summed E-state index contributed by atoms with van der Waals surface area (Å²) in [5.74, 6) is -1.17. The van der Waals surface area contributed by atoms with Gasteiger partial charge in [-0.15, -0.1) is 6.58 Å². The number of carbonyl (C=O) groups excluding carboxylic acids is 1. The molecule has 0 aromatic carbocycles. The lowest BCUT2D eigenvalue weighted by molar-refractivity contribution is -0.370. The van der Waals surface area contributed by atoms with Crippen molar-refractivity contribution in [1.29, 1.82) is 0 Å². The molecule has 8 atom stereocenters. The third-order valence-corrected chi connectivity index (χ3v) is 7.76. The number of rotatable bonds is 1. The highest BCUT2D eigenvalue weighted by atomic mass is 16.6. The van der Waals surface area contributed by atoms with Gasteiger partial charge in [-0.05, 0) is 32.1 Å². The average molecular weight is 368 g/mol. The van der Waals surface area contributed by atoms with E-state index in [9.17, 15) is 25.2 Å². The molecule has 148 valence electrons. The van der Waals surface area contributed by atoms with Crippen LogP contribution in [0.1, 0.15) is 53.9 Å². The standard InChI is InChI=1S/C20H32O6/c1-7-17(4)10-12(22)20(25)18(5)11(21)8-9-16(2,3)14(18)13(23)15(24)19(20,6)26-17/h7,11,13-15,21,23-25H,1,8-10H2,2-6H3/t11-,13-,14-,15?,17-,18-,19+,20-/m0/s1. The van der Waals surface area contributed by atoms with Crippen LogP contribution in [0, 0.1) is 16.7 Å². The topological polar surface area (TPSA) is 107 Å². The molecule has 0 spiro atoms. The van der Waals surface area contributed by atoms with Crippen LogP contribution < -0.4 is 0 Å². The normalized spacial score (nSPS) is 56.4. The second kappa shape index (κ2) is 5.39. The summed E-state index contributed by atoms with van der Waals surface area (Å²) >= 11 is 0. The average Bonchev–Trinajstić information content (AvgIpc) is 2.54. The van der Waals surface area contributed by atoms with Crippen LogP contribution in [0.5, 0.6) is 0 Å². The van der Waals surface area contributed by atoms with E-state index < -0.39 is 57.6 Å². The third kappa shape index (κ3) is 2.02. The van der Waals surface area contributed by atoms with Crippen LogP contribution >= 0.6 is 0 Å². The zero-order valence-electron chi connectivity index (χ0n) is 16.3. The number of carbonyl (C=O) groups is 1. The molecule has 3 fully saturated rings. The largest absolute Gasteiger partial charge is 0.392 e. The molecule has 0 aromatic heterocycles. The second-order valence-corrected chi connectivity index (χ2v) is 9.78. The lowest BCUT2D eigenvalue weighted by Gasteiger charge is -2.71. The van der Waals surface area contributed by atoms with E-state index in [1.165, 1.54) is 13.0 Å². The molecule has 4 N–H and O–H groups in total. The number of ether oxygens (including phenoxy) is 1. The lowest BCUT2D eigenvalue weighted by Crippen LogP contribution is -2.86. The number of Topliss-reactive ketones (excluding diaryl/α,β-unsaturated/α-hetero) is 1. The molecule has 26 heavy (non-hydrogen) atoms. The van der Waals surface area contributed by atoms with E-state index in [0.29, 0.717) is 12.8 Å².